The maximum atomic E-state index is 6.07. The maximum Gasteiger partial charge on any atom is 0.215 e. The summed E-state index contributed by atoms with van der Waals surface area (Å²) in [5.74, 6) is 1.76. The van der Waals surface area contributed by atoms with Crippen LogP contribution in [-0.4, -0.2) is 21.6 Å². The highest BCUT2D eigenvalue weighted by atomic mass is 35.5. The van der Waals surface area contributed by atoms with Crippen molar-refractivity contribution in [2.24, 2.45) is 0 Å². The van der Waals surface area contributed by atoms with E-state index in [1.165, 1.54) is 9.75 Å². The van der Waals surface area contributed by atoms with Crippen LogP contribution in [0.1, 0.15) is 28.5 Å². The van der Waals surface area contributed by atoms with Crippen molar-refractivity contribution in [3.8, 4) is 5.88 Å². The van der Waals surface area contributed by atoms with Crippen LogP contribution >= 0.6 is 22.9 Å². The summed E-state index contributed by atoms with van der Waals surface area (Å²) >= 11 is 7.86. The van der Waals surface area contributed by atoms with E-state index in [1.807, 2.05) is 12.1 Å². The van der Waals surface area contributed by atoms with Crippen molar-refractivity contribution in [2.75, 3.05) is 7.11 Å². The molecule has 0 radical (unpaired) electrons. The monoisotopic (exact) mass is 321 g/mol. The second-order valence-electron chi connectivity index (χ2n) is 4.85. The molecule has 0 bridgehead atoms. The lowest BCUT2D eigenvalue weighted by atomic mass is 10.2. The predicted molar refractivity (Wildman–Crippen MR) is 86.5 cm³/mol. The summed E-state index contributed by atoms with van der Waals surface area (Å²) < 4.78 is 7.32. The van der Waals surface area contributed by atoms with Crippen LogP contribution in [0.5, 0.6) is 5.88 Å². The van der Waals surface area contributed by atoms with E-state index in [-0.39, 0.29) is 6.04 Å². The zero-order valence-electron chi connectivity index (χ0n) is 12.1. The van der Waals surface area contributed by atoms with E-state index in [1.54, 1.807) is 18.4 Å². The maximum absolute atomic E-state index is 6.07. The molecule has 0 spiro atoms. The molecule has 3 aromatic heterocycles. The van der Waals surface area contributed by atoms with E-state index in [2.05, 4.69) is 40.5 Å². The number of nitrogens with zero attached hydrogens (tertiary/aromatic N) is 3. The molecule has 3 rings (SSSR count). The zero-order valence-corrected chi connectivity index (χ0v) is 13.7. The van der Waals surface area contributed by atoms with Gasteiger partial charge in [-0.1, -0.05) is 0 Å². The molecule has 4 nitrogen and oxygen atoms in total. The normalized spacial score (nSPS) is 12.8. The number of thiophene rings is 1. The molecule has 0 amide bonds. The summed E-state index contributed by atoms with van der Waals surface area (Å²) in [4.78, 5) is 11.7. The highest BCUT2D eigenvalue weighted by molar-refractivity contribution is 7.12. The number of imidazole rings is 1. The number of hydrogen-bond donors (Lipinski definition) is 0. The molecular weight excluding hydrogens is 306 g/mol. The van der Waals surface area contributed by atoms with Gasteiger partial charge in [-0.2, -0.15) is 4.98 Å². The Morgan fingerprint density at radius 1 is 1.29 bits per heavy atom. The molecular formula is C15H16ClN3OS. The number of aryl methyl sites for hydroxylation is 1. The van der Waals surface area contributed by atoms with E-state index in [4.69, 9.17) is 16.3 Å². The molecule has 3 aromatic rings. The molecule has 6 heteroatoms. The number of rotatable bonds is 4. The molecule has 0 aliphatic rings. The Kier molecular flexibility index (Phi) is 3.87. The van der Waals surface area contributed by atoms with Crippen LogP contribution in [0.15, 0.2) is 24.3 Å². The van der Waals surface area contributed by atoms with Gasteiger partial charge in [0.05, 0.1) is 19.0 Å². The number of methoxy groups -OCH3 is 1. The summed E-state index contributed by atoms with van der Waals surface area (Å²) in [5, 5.41) is 0. The Bertz CT molecular complexity index is 780. The first kappa shape index (κ1) is 14.4. The summed E-state index contributed by atoms with van der Waals surface area (Å²) in [6, 6.07) is 8.15. The molecule has 3 heterocycles. The Labute approximate surface area is 132 Å². The SMILES string of the molecule is COc1ccc2nc(CCl)n(C(C)c3ccc(C)s3)c2n1. The largest absolute Gasteiger partial charge is 0.481 e. The predicted octanol–water partition coefficient (Wildman–Crippen LogP) is 4.16. The first-order chi connectivity index (χ1) is 10.1. The van der Waals surface area contributed by atoms with Gasteiger partial charge in [-0.25, -0.2) is 4.98 Å². The van der Waals surface area contributed by atoms with Gasteiger partial charge in [0, 0.05) is 15.8 Å². The van der Waals surface area contributed by atoms with E-state index in [0.717, 1.165) is 17.0 Å². The minimum atomic E-state index is 0.141. The Morgan fingerprint density at radius 3 is 2.71 bits per heavy atom. The molecule has 0 aliphatic carbocycles. The fourth-order valence-corrected chi connectivity index (χ4v) is 3.53. The molecule has 21 heavy (non-hydrogen) atoms. The molecule has 0 fully saturated rings. The number of pyridine rings is 1. The van der Waals surface area contributed by atoms with Gasteiger partial charge in [0.25, 0.3) is 0 Å². The van der Waals surface area contributed by atoms with Crippen molar-refractivity contribution in [2.45, 2.75) is 25.8 Å². The highest BCUT2D eigenvalue weighted by Gasteiger charge is 2.19. The third kappa shape index (κ3) is 2.51. The van der Waals surface area contributed by atoms with Crippen molar-refractivity contribution in [1.82, 2.24) is 14.5 Å². The smallest absolute Gasteiger partial charge is 0.215 e. The van der Waals surface area contributed by atoms with Crippen molar-refractivity contribution in [3.63, 3.8) is 0 Å². The second-order valence-corrected chi connectivity index (χ2v) is 6.44. The summed E-state index contributed by atoms with van der Waals surface area (Å²) in [5.41, 5.74) is 1.65. The van der Waals surface area contributed by atoms with Crippen LogP contribution in [0.4, 0.5) is 0 Å². The lowest BCUT2D eigenvalue weighted by molar-refractivity contribution is 0.398. The summed E-state index contributed by atoms with van der Waals surface area (Å²) in [7, 11) is 1.61. The van der Waals surface area contributed by atoms with Gasteiger partial charge < -0.3 is 9.30 Å². The van der Waals surface area contributed by atoms with Crippen LogP contribution in [0.3, 0.4) is 0 Å². The third-order valence-corrected chi connectivity index (χ3v) is 4.88. The van der Waals surface area contributed by atoms with E-state index >= 15 is 0 Å². The fraction of sp³-hybridized carbons (Fsp3) is 0.333. The van der Waals surface area contributed by atoms with Gasteiger partial charge in [-0.3, -0.25) is 0 Å². The highest BCUT2D eigenvalue weighted by Crippen LogP contribution is 2.30. The van der Waals surface area contributed by atoms with Crippen LogP contribution in [0.2, 0.25) is 0 Å². The van der Waals surface area contributed by atoms with E-state index < -0.39 is 0 Å². The average molecular weight is 322 g/mol. The molecule has 0 N–H and O–H groups in total. The van der Waals surface area contributed by atoms with Gasteiger partial charge in [-0.05, 0) is 32.0 Å². The molecule has 1 atom stereocenters. The topological polar surface area (TPSA) is 39.9 Å². The standard InChI is InChI=1S/C15H16ClN3OS/c1-9-4-6-12(21-9)10(2)19-13(8-16)17-11-5-7-14(20-3)18-15(11)19/h4-7,10H,8H2,1-3H3. The van der Waals surface area contributed by atoms with Gasteiger partial charge in [0.15, 0.2) is 5.65 Å². The van der Waals surface area contributed by atoms with Crippen molar-refractivity contribution in [3.05, 3.63) is 39.8 Å². The molecule has 0 saturated heterocycles. The minimum absolute atomic E-state index is 0.141. The Balaban J connectivity index is 2.18. The van der Waals surface area contributed by atoms with Crippen LogP contribution in [0, 0.1) is 6.92 Å². The summed E-state index contributed by atoms with van der Waals surface area (Å²) in [6.07, 6.45) is 0. The first-order valence-electron chi connectivity index (χ1n) is 6.68. The second kappa shape index (κ2) is 5.66. The van der Waals surface area contributed by atoms with Gasteiger partial charge in [0.1, 0.15) is 11.3 Å². The fourth-order valence-electron chi connectivity index (χ4n) is 2.42. The van der Waals surface area contributed by atoms with Crippen LogP contribution < -0.4 is 4.74 Å². The molecule has 0 aromatic carbocycles. The van der Waals surface area contributed by atoms with Crippen molar-refractivity contribution >= 4 is 34.1 Å². The lowest BCUT2D eigenvalue weighted by Crippen LogP contribution is -2.09. The van der Waals surface area contributed by atoms with Gasteiger partial charge >= 0.3 is 0 Å². The van der Waals surface area contributed by atoms with Gasteiger partial charge in [0.2, 0.25) is 5.88 Å². The third-order valence-electron chi connectivity index (χ3n) is 3.47. The number of halogens is 1. The number of fused-ring (bicyclic) bond motifs is 1. The number of ether oxygens (including phenoxy) is 1. The Hall–Kier alpha value is -1.59. The van der Waals surface area contributed by atoms with E-state index in [9.17, 15) is 0 Å². The Morgan fingerprint density at radius 2 is 2.10 bits per heavy atom. The van der Waals surface area contributed by atoms with Gasteiger partial charge in [-0.15, -0.1) is 22.9 Å². The lowest BCUT2D eigenvalue weighted by Gasteiger charge is -2.15. The van der Waals surface area contributed by atoms with Crippen LogP contribution in [-0.2, 0) is 5.88 Å². The zero-order chi connectivity index (χ0) is 15.0. The molecule has 1 unspecified atom stereocenters. The van der Waals surface area contributed by atoms with Crippen LogP contribution in [0.25, 0.3) is 11.2 Å². The van der Waals surface area contributed by atoms with Crippen molar-refractivity contribution < 1.29 is 4.74 Å². The average Bonchev–Trinajstić information content (AvgIpc) is 3.08. The molecule has 0 saturated carbocycles. The number of alkyl halides is 1. The minimum Gasteiger partial charge on any atom is -0.481 e. The molecule has 110 valence electrons. The first-order valence-corrected chi connectivity index (χ1v) is 8.03. The summed E-state index contributed by atoms with van der Waals surface area (Å²) in [6.45, 7) is 4.25. The quantitative estimate of drug-likeness (QED) is 0.677. The molecule has 0 aliphatic heterocycles. The van der Waals surface area contributed by atoms with Crippen molar-refractivity contribution in [1.29, 1.82) is 0 Å². The number of aromatic nitrogens is 3. The van der Waals surface area contributed by atoms with E-state index in [0.29, 0.717) is 11.8 Å². The number of hydrogen-bond acceptors (Lipinski definition) is 4.